The van der Waals surface area contributed by atoms with E-state index in [9.17, 15) is 14.9 Å². The lowest BCUT2D eigenvalue weighted by molar-refractivity contribution is -0.384. The molecule has 0 spiro atoms. The van der Waals surface area contributed by atoms with Gasteiger partial charge in [0.25, 0.3) is 0 Å². The summed E-state index contributed by atoms with van der Waals surface area (Å²) in [5, 5.41) is 22.2. The molecule has 0 aliphatic carbocycles. The average molecular weight is 239 g/mol. The Bertz CT molecular complexity index is 447. The fraction of sp³-hybridized carbons (Fsp3) is 0.400. The Kier molecular flexibility index (Phi) is 3.97. The van der Waals surface area contributed by atoms with E-state index in [1.807, 2.05) is 0 Å². The van der Waals surface area contributed by atoms with Crippen LogP contribution in [0, 0.1) is 23.0 Å². The van der Waals surface area contributed by atoms with Crippen molar-refractivity contribution in [3.8, 4) is 0 Å². The van der Waals surface area contributed by atoms with Gasteiger partial charge in [0.05, 0.1) is 10.8 Å². The number of aliphatic carboxylic acids is 1. The number of aromatic nitrogens is 1. The summed E-state index contributed by atoms with van der Waals surface area (Å²) in [6, 6.07) is 1.53. The number of carboxylic acids is 1. The molecule has 17 heavy (non-hydrogen) atoms. The minimum absolute atomic E-state index is 0.0899. The van der Waals surface area contributed by atoms with Crippen LogP contribution in [0.3, 0.4) is 0 Å². The zero-order chi connectivity index (χ0) is 13.0. The first kappa shape index (κ1) is 12.9. The second kappa shape index (κ2) is 5.24. The predicted octanol–water partition coefficient (Wildman–Crippen LogP) is 1.43. The van der Waals surface area contributed by atoms with Gasteiger partial charge < -0.3 is 10.4 Å². The topological polar surface area (TPSA) is 105 Å². The molecule has 0 saturated heterocycles. The summed E-state index contributed by atoms with van der Waals surface area (Å²) >= 11 is 0. The first-order chi connectivity index (χ1) is 7.93. The number of aryl methyl sites for hydroxylation is 1. The molecule has 0 radical (unpaired) electrons. The summed E-state index contributed by atoms with van der Waals surface area (Å²) in [6.45, 7) is 3.20. The highest BCUT2D eigenvalue weighted by Gasteiger charge is 2.19. The van der Waals surface area contributed by atoms with Gasteiger partial charge in [-0.15, -0.1) is 0 Å². The molecule has 1 rings (SSSR count). The van der Waals surface area contributed by atoms with E-state index >= 15 is 0 Å². The van der Waals surface area contributed by atoms with Crippen LogP contribution in [0.2, 0.25) is 0 Å². The van der Waals surface area contributed by atoms with E-state index in [0.29, 0.717) is 5.56 Å². The lowest BCUT2D eigenvalue weighted by atomic mass is 10.2. The Balaban J connectivity index is 2.88. The zero-order valence-electron chi connectivity index (χ0n) is 9.51. The zero-order valence-corrected chi connectivity index (χ0v) is 9.51. The third-order valence-electron chi connectivity index (χ3n) is 2.31. The molecular weight excluding hydrogens is 226 g/mol. The number of rotatable bonds is 5. The van der Waals surface area contributed by atoms with Crippen LogP contribution in [0.1, 0.15) is 12.5 Å². The van der Waals surface area contributed by atoms with Crippen molar-refractivity contribution in [2.24, 2.45) is 5.92 Å². The van der Waals surface area contributed by atoms with E-state index in [-0.39, 0.29) is 18.1 Å². The first-order valence-electron chi connectivity index (χ1n) is 5.00. The summed E-state index contributed by atoms with van der Waals surface area (Å²) in [4.78, 5) is 24.8. The highest BCUT2D eigenvalue weighted by molar-refractivity contribution is 5.70. The molecule has 0 aliphatic rings. The van der Waals surface area contributed by atoms with Crippen molar-refractivity contribution in [3.05, 3.63) is 27.9 Å². The number of carbonyl (C=O) groups is 1. The third kappa shape index (κ3) is 3.13. The third-order valence-corrected chi connectivity index (χ3v) is 2.31. The van der Waals surface area contributed by atoms with E-state index in [1.165, 1.54) is 19.2 Å². The minimum atomic E-state index is -0.965. The Hall–Kier alpha value is -2.18. The van der Waals surface area contributed by atoms with Gasteiger partial charge in [0.15, 0.2) is 0 Å². The van der Waals surface area contributed by atoms with Gasteiger partial charge in [-0.3, -0.25) is 14.9 Å². The summed E-state index contributed by atoms with van der Waals surface area (Å²) in [5.74, 6) is -1.51. The normalized spacial score (nSPS) is 11.9. The van der Waals surface area contributed by atoms with Crippen LogP contribution in [0.15, 0.2) is 12.3 Å². The van der Waals surface area contributed by atoms with Crippen molar-refractivity contribution in [2.75, 3.05) is 11.9 Å². The number of anilines is 1. The molecule has 1 heterocycles. The maximum Gasteiger partial charge on any atom is 0.314 e. The Morgan fingerprint density at radius 1 is 1.71 bits per heavy atom. The molecular formula is C10H13N3O4. The molecule has 0 amide bonds. The monoisotopic (exact) mass is 239 g/mol. The maximum atomic E-state index is 10.8. The van der Waals surface area contributed by atoms with Crippen molar-refractivity contribution >= 4 is 17.5 Å². The number of pyridine rings is 1. The minimum Gasteiger partial charge on any atom is -0.481 e. The van der Waals surface area contributed by atoms with Gasteiger partial charge in [-0.2, -0.15) is 0 Å². The maximum absolute atomic E-state index is 10.8. The molecule has 92 valence electrons. The molecule has 0 aromatic carbocycles. The van der Waals surface area contributed by atoms with Crippen LogP contribution < -0.4 is 5.32 Å². The largest absolute Gasteiger partial charge is 0.481 e. The molecule has 0 bridgehead atoms. The first-order valence-corrected chi connectivity index (χ1v) is 5.00. The van der Waals surface area contributed by atoms with Crippen molar-refractivity contribution in [2.45, 2.75) is 13.8 Å². The quantitative estimate of drug-likeness (QED) is 0.594. The van der Waals surface area contributed by atoms with Gasteiger partial charge in [-0.25, -0.2) is 4.98 Å². The summed E-state index contributed by atoms with van der Waals surface area (Å²) < 4.78 is 0. The van der Waals surface area contributed by atoms with E-state index in [4.69, 9.17) is 5.11 Å². The Morgan fingerprint density at radius 2 is 2.35 bits per heavy atom. The van der Waals surface area contributed by atoms with Gasteiger partial charge in [0.2, 0.25) is 5.82 Å². The van der Waals surface area contributed by atoms with Crippen LogP contribution in [0.5, 0.6) is 0 Å². The number of hydrogen-bond acceptors (Lipinski definition) is 5. The molecule has 7 heteroatoms. The number of carboxylic acid groups (broad SMARTS) is 1. The lowest BCUT2D eigenvalue weighted by Gasteiger charge is -2.09. The number of nitro groups is 1. The molecule has 0 aliphatic heterocycles. The highest BCUT2D eigenvalue weighted by Crippen LogP contribution is 2.25. The van der Waals surface area contributed by atoms with Crippen molar-refractivity contribution < 1.29 is 14.8 Å². The Labute approximate surface area is 97.6 Å². The summed E-state index contributed by atoms with van der Waals surface area (Å²) in [7, 11) is 0. The van der Waals surface area contributed by atoms with Crippen molar-refractivity contribution in [1.82, 2.24) is 4.98 Å². The van der Waals surface area contributed by atoms with Crippen LogP contribution in [-0.4, -0.2) is 27.5 Å². The summed E-state index contributed by atoms with van der Waals surface area (Å²) in [5.41, 5.74) is 0.362. The smallest absolute Gasteiger partial charge is 0.314 e. The van der Waals surface area contributed by atoms with E-state index in [0.717, 1.165) is 0 Å². The molecule has 2 N–H and O–H groups in total. The fourth-order valence-corrected chi connectivity index (χ4v) is 1.25. The molecule has 0 fully saturated rings. The van der Waals surface area contributed by atoms with E-state index in [1.54, 1.807) is 6.92 Å². The van der Waals surface area contributed by atoms with E-state index in [2.05, 4.69) is 10.3 Å². The van der Waals surface area contributed by atoms with Crippen molar-refractivity contribution in [3.63, 3.8) is 0 Å². The molecule has 0 saturated carbocycles. The van der Waals surface area contributed by atoms with Crippen LogP contribution in [0.25, 0.3) is 0 Å². The van der Waals surface area contributed by atoms with Crippen LogP contribution >= 0.6 is 0 Å². The van der Waals surface area contributed by atoms with Gasteiger partial charge in [-0.1, -0.05) is 6.92 Å². The van der Waals surface area contributed by atoms with Crippen LogP contribution in [-0.2, 0) is 4.79 Å². The highest BCUT2D eigenvalue weighted by atomic mass is 16.6. The summed E-state index contributed by atoms with van der Waals surface area (Å²) in [6.07, 6.45) is 1.44. The molecule has 1 aromatic heterocycles. The molecule has 1 unspecified atom stereocenters. The van der Waals surface area contributed by atoms with Gasteiger partial charge in [0, 0.05) is 18.3 Å². The van der Waals surface area contributed by atoms with E-state index < -0.39 is 16.8 Å². The standard InChI is InChI=1S/C10H13N3O4/c1-6-3-4-11-9(8(6)13(16)17)12-5-7(2)10(14)15/h3-4,7H,5H2,1-2H3,(H,11,12)(H,14,15). The average Bonchev–Trinajstić information content (AvgIpc) is 2.24. The van der Waals surface area contributed by atoms with Gasteiger partial charge in [-0.05, 0) is 13.0 Å². The lowest BCUT2D eigenvalue weighted by Crippen LogP contribution is -2.20. The second-order valence-corrected chi connectivity index (χ2v) is 3.70. The fourth-order valence-electron chi connectivity index (χ4n) is 1.25. The SMILES string of the molecule is Cc1ccnc(NCC(C)C(=O)O)c1[N+](=O)[O-]. The molecule has 1 aromatic rings. The van der Waals surface area contributed by atoms with Crippen molar-refractivity contribution in [1.29, 1.82) is 0 Å². The second-order valence-electron chi connectivity index (χ2n) is 3.70. The number of hydrogen-bond donors (Lipinski definition) is 2. The molecule has 1 atom stereocenters. The Morgan fingerprint density at radius 3 is 2.88 bits per heavy atom. The van der Waals surface area contributed by atoms with Gasteiger partial charge >= 0.3 is 11.7 Å². The van der Waals surface area contributed by atoms with Gasteiger partial charge in [0.1, 0.15) is 0 Å². The predicted molar refractivity (Wildman–Crippen MR) is 60.9 cm³/mol. The number of nitrogens with zero attached hydrogens (tertiary/aromatic N) is 2. The molecule has 7 nitrogen and oxygen atoms in total. The number of nitrogens with one attached hydrogen (secondary N) is 1. The van der Waals surface area contributed by atoms with Crippen LogP contribution in [0.4, 0.5) is 11.5 Å².